The molecule has 0 aliphatic rings. The van der Waals surface area contributed by atoms with E-state index in [2.05, 4.69) is 15.4 Å². The standard InChI is InChI=1S/C11H13ClN4/c1-8-3-4-9(5-10(8)12)16-11(6-13-2)14-7-15-16/h3-5,7,13H,6H2,1-2H3. The molecule has 0 unspecified atom stereocenters. The summed E-state index contributed by atoms with van der Waals surface area (Å²) in [6.45, 7) is 2.65. The van der Waals surface area contributed by atoms with Gasteiger partial charge in [-0.1, -0.05) is 17.7 Å². The molecule has 0 spiro atoms. The number of nitrogens with zero attached hydrogens (tertiary/aromatic N) is 3. The van der Waals surface area contributed by atoms with Crippen LogP contribution in [0.15, 0.2) is 24.5 Å². The van der Waals surface area contributed by atoms with Crippen LogP contribution in [0, 0.1) is 6.92 Å². The van der Waals surface area contributed by atoms with Gasteiger partial charge in [-0.25, -0.2) is 9.67 Å². The highest BCUT2D eigenvalue weighted by molar-refractivity contribution is 6.31. The third-order valence-electron chi connectivity index (χ3n) is 2.35. The van der Waals surface area contributed by atoms with Crippen LogP contribution < -0.4 is 5.32 Å². The first-order chi connectivity index (χ1) is 7.72. The van der Waals surface area contributed by atoms with Crippen molar-refractivity contribution in [2.75, 3.05) is 7.05 Å². The molecule has 84 valence electrons. The fourth-order valence-electron chi connectivity index (χ4n) is 1.47. The molecule has 1 N–H and O–H groups in total. The summed E-state index contributed by atoms with van der Waals surface area (Å²) >= 11 is 6.08. The summed E-state index contributed by atoms with van der Waals surface area (Å²) < 4.78 is 1.78. The fourth-order valence-corrected chi connectivity index (χ4v) is 1.65. The van der Waals surface area contributed by atoms with Gasteiger partial charge in [0.15, 0.2) is 0 Å². The molecule has 0 aliphatic heterocycles. The average molecular weight is 237 g/mol. The van der Waals surface area contributed by atoms with E-state index < -0.39 is 0 Å². The monoisotopic (exact) mass is 236 g/mol. The molecule has 0 aliphatic carbocycles. The van der Waals surface area contributed by atoms with E-state index in [1.165, 1.54) is 0 Å². The molecule has 5 heteroatoms. The van der Waals surface area contributed by atoms with Crippen molar-refractivity contribution in [1.29, 1.82) is 0 Å². The molecule has 1 aromatic heterocycles. The Balaban J connectivity index is 2.42. The molecular formula is C11H13ClN4. The summed E-state index contributed by atoms with van der Waals surface area (Å²) in [5, 5.41) is 7.97. The largest absolute Gasteiger partial charge is 0.313 e. The average Bonchev–Trinajstić information content (AvgIpc) is 2.71. The van der Waals surface area contributed by atoms with Crippen molar-refractivity contribution >= 4 is 11.6 Å². The van der Waals surface area contributed by atoms with E-state index in [4.69, 9.17) is 11.6 Å². The third kappa shape index (κ3) is 2.08. The van der Waals surface area contributed by atoms with Crippen LogP contribution in [0.25, 0.3) is 5.69 Å². The van der Waals surface area contributed by atoms with Crippen LogP contribution in [0.3, 0.4) is 0 Å². The first-order valence-corrected chi connectivity index (χ1v) is 5.40. The van der Waals surface area contributed by atoms with Crippen molar-refractivity contribution in [1.82, 2.24) is 20.1 Å². The van der Waals surface area contributed by atoms with Crippen LogP contribution in [-0.2, 0) is 6.54 Å². The number of hydrogen-bond donors (Lipinski definition) is 1. The molecule has 1 aromatic carbocycles. The van der Waals surface area contributed by atoms with Gasteiger partial charge in [0.2, 0.25) is 0 Å². The number of halogens is 1. The van der Waals surface area contributed by atoms with Crippen LogP contribution >= 0.6 is 11.6 Å². The summed E-state index contributed by atoms with van der Waals surface area (Å²) in [6, 6.07) is 5.85. The minimum Gasteiger partial charge on any atom is -0.313 e. The van der Waals surface area contributed by atoms with Crippen molar-refractivity contribution in [3.05, 3.63) is 40.9 Å². The van der Waals surface area contributed by atoms with E-state index in [0.29, 0.717) is 6.54 Å². The lowest BCUT2D eigenvalue weighted by molar-refractivity contribution is 0.712. The highest BCUT2D eigenvalue weighted by Gasteiger charge is 2.06. The zero-order chi connectivity index (χ0) is 11.5. The zero-order valence-electron chi connectivity index (χ0n) is 9.24. The molecular weight excluding hydrogens is 224 g/mol. The predicted molar refractivity (Wildman–Crippen MR) is 63.9 cm³/mol. The molecule has 1 heterocycles. The lowest BCUT2D eigenvalue weighted by atomic mass is 10.2. The Labute approximate surface area is 99.3 Å². The maximum Gasteiger partial charge on any atom is 0.146 e. The molecule has 0 saturated carbocycles. The number of hydrogen-bond acceptors (Lipinski definition) is 3. The van der Waals surface area contributed by atoms with Crippen molar-refractivity contribution in [2.24, 2.45) is 0 Å². The number of benzene rings is 1. The van der Waals surface area contributed by atoms with Crippen molar-refractivity contribution in [3.63, 3.8) is 0 Å². The highest BCUT2D eigenvalue weighted by atomic mass is 35.5. The lowest BCUT2D eigenvalue weighted by Gasteiger charge is -2.07. The first-order valence-electron chi connectivity index (χ1n) is 5.02. The normalized spacial score (nSPS) is 10.7. The molecule has 0 amide bonds. The van der Waals surface area contributed by atoms with Gasteiger partial charge < -0.3 is 5.32 Å². The van der Waals surface area contributed by atoms with Crippen LogP contribution in [0.5, 0.6) is 0 Å². The van der Waals surface area contributed by atoms with Crippen LogP contribution in [0.4, 0.5) is 0 Å². The second-order valence-electron chi connectivity index (χ2n) is 3.55. The second kappa shape index (κ2) is 4.63. The van der Waals surface area contributed by atoms with Crippen LogP contribution in [0.1, 0.15) is 11.4 Å². The molecule has 2 rings (SSSR count). The van der Waals surface area contributed by atoms with E-state index >= 15 is 0 Å². The number of nitrogens with one attached hydrogen (secondary N) is 1. The third-order valence-corrected chi connectivity index (χ3v) is 2.76. The minimum absolute atomic E-state index is 0.672. The van der Waals surface area contributed by atoms with E-state index in [1.807, 2.05) is 32.2 Å². The summed E-state index contributed by atoms with van der Waals surface area (Å²) in [7, 11) is 1.88. The summed E-state index contributed by atoms with van der Waals surface area (Å²) in [4.78, 5) is 4.18. The summed E-state index contributed by atoms with van der Waals surface area (Å²) in [5.41, 5.74) is 1.99. The van der Waals surface area contributed by atoms with E-state index in [-0.39, 0.29) is 0 Å². The Morgan fingerprint density at radius 1 is 1.44 bits per heavy atom. The van der Waals surface area contributed by atoms with E-state index in [9.17, 15) is 0 Å². The van der Waals surface area contributed by atoms with Crippen molar-refractivity contribution in [2.45, 2.75) is 13.5 Å². The van der Waals surface area contributed by atoms with E-state index in [1.54, 1.807) is 11.0 Å². The Bertz CT molecular complexity index is 492. The van der Waals surface area contributed by atoms with Gasteiger partial charge in [0, 0.05) is 5.02 Å². The number of aromatic nitrogens is 3. The Kier molecular flexibility index (Phi) is 3.22. The van der Waals surface area contributed by atoms with Gasteiger partial charge in [-0.2, -0.15) is 5.10 Å². The molecule has 0 radical (unpaired) electrons. The molecule has 2 aromatic rings. The maximum absolute atomic E-state index is 6.08. The van der Waals surface area contributed by atoms with Gasteiger partial charge in [-0.15, -0.1) is 0 Å². The SMILES string of the molecule is CNCc1ncnn1-c1ccc(C)c(Cl)c1. The molecule has 0 saturated heterocycles. The fraction of sp³-hybridized carbons (Fsp3) is 0.273. The Hall–Kier alpha value is -1.39. The number of rotatable bonds is 3. The predicted octanol–water partition coefficient (Wildman–Crippen LogP) is 1.95. The molecule has 4 nitrogen and oxygen atoms in total. The van der Waals surface area contributed by atoms with Gasteiger partial charge in [-0.3, -0.25) is 0 Å². The van der Waals surface area contributed by atoms with Gasteiger partial charge in [0.05, 0.1) is 12.2 Å². The first kappa shape index (κ1) is 11.1. The maximum atomic E-state index is 6.08. The van der Waals surface area contributed by atoms with Gasteiger partial charge in [0.1, 0.15) is 12.2 Å². The Morgan fingerprint density at radius 2 is 2.25 bits per heavy atom. The summed E-state index contributed by atoms with van der Waals surface area (Å²) in [6.07, 6.45) is 1.54. The summed E-state index contributed by atoms with van der Waals surface area (Å²) in [5.74, 6) is 0.863. The molecule has 0 fully saturated rings. The van der Waals surface area contributed by atoms with Crippen LogP contribution in [-0.4, -0.2) is 21.8 Å². The second-order valence-corrected chi connectivity index (χ2v) is 3.96. The van der Waals surface area contributed by atoms with E-state index in [0.717, 1.165) is 22.1 Å². The van der Waals surface area contributed by atoms with Crippen molar-refractivity contribution < 1.29 is 0 Å². The molecule has 0 bridgehead atoms. The van der Waals surface area contributed by atoms with Gasteiger partial charge >= 0.3 is 0 Å². The van der Waals surface area contributed by atoms with Gasteiger partial charge in [0.25, 0.3) is 0 Å². The Morgan fingerprint density at radius 3 is 2.94 bits per heavy atom. The van der Waals surface area contributed by atoms with Gasteiger partial charge in [-0.05, 0) is 31.7 Å². The van der Waals surface area contributed by atoms with Crippen molar-refractivity contribution in [3.8, 4) is 5.69 Å². The molecule has 0 atom stereocenters. The number of aryl methyl sites for hydroxylation is 1. The van der Waals surface area contributed by atoms with Crippen LogP contribution in [0.2, 0.25) is 5.02 Å². The molecule has 16 heavy (non-hydrogen) atoms. The minimum atomic E-state index is 0.672. The quantitative estimate of drug-likeness (QED) is 0.886. The zero-order valence-corrected chi connectivity index (χ0v) is 9.99. The highest BCUT2D eigenvalue weighted by Crippen LogP contribution is 2.19. The smallest absolute Gasteiger partial charge is 0.146 e. The lowest BCUT2D eigenvalue weighted by Crippen LogP contribution is -2.12. The topological polar surface area (TPSA) is 42.7 Å².